The van der Waals surface area contributed by atoms with Gasteiger partial charge in [0.05, 0.1) is 25.5 Å². The lowest BCUT2D eigenvalue weighted by molar-refractivity contribution is -0.118. The lowest BCUT2D eigenvalue weighted by atomic mass is 10.2. The van der Waals surface area contributed by atoms with Crippen LogP contribution in [0, 0.1) is 6.92 Å². The van der Waals surface area contributed by atoms with Crippen molar-refractivity contribution in [1.29, 1.82) is 0 Å². The van der Waals surface area contributed by atoms with E-state index >= 15 is 0 Å². The molecule has 1 amide bonds. The first kappa shape index (κ1) is 18.6. The summed E-state index contributed by atoms with van der Waals surface area (Å²) in [6.45, 7) is 1.60. The molecular weight excluding hydrogens is 346 g/mol. The third kappa shape index (κ3) is 4.87. The SMILES string of the molecule is COC(=O)c1cccc(OCC(=O)Nc2cc(C)c(Cl)cc2OC)c1. The predicted molar refractivity (Wildman–Crippen MR) is 94.6 cm³/mol. The van der Waals surface area contributed by atoms with Crippen LogP contribution in [0.25, 0.3) is 0 Å². The van der Waals surface area contributed by atoms with Gasteiger partial charge in [-0.05, 0) is 36.8 Å². The normalized spacial score (nSPS) is 10.1. The van der Waals surface area contributed by atoms with Crippen LogP contribution in [0.2, 0.25) is 5.02 Å². The zero-order chi connectivity index (χ0) is 18.4. The van der Waals surface area contributed by atoms with Crippen molar-refractivity contribution >= 4 is 29.2 Å². The Morgan fingerprint density at radius 3 is 2.60 bits per heavy atom. The van der Waals surface area contributed by atoms with Crippen molar-refractivity contribution in [2.75, 3.05) is 26.1 Å². The van der Waals surface area contributed by atoms with Crippen LogP contribution in [0.4, 0.5) is 5.69 Å². The van der Waals surface area contributed by atoms with Gasteiger partial charge in [0.2, 0.25) is 0 Å². The number of rotatable bonds is 6. The Morgan fingerprint density at radius 2 is 1.92 bits per heavy atom. The highest BCUT2D eigenvalue weighted by atomic mass is 35.5. The molecule has 0 fully saturated rings. The third-order valence-corrected chi connectivity index (χ3v) is 3.79. The van der Waals surface area contributed by atoms with Crippen molar-refractivity contribution in [3.05, 3.63) is 52.5 Å². The maximum atomic E-state index is 12.1. The fourth-order valence-electron chi connectivity index (χ4n) is 2.10. The molecular formula is C18H18ClNO5. The molecule has 0 aliphatic heterocycles. The summed E-state index contributed by atoms with van der Waals surface area (Å²) in [5.41, 5.74) is 1.65. The molecule has 2 rings (SSSR count). The van der Waals surface area contributed by atoms with Gasteiger partial charge in [0, 0.05) is 11.1 Å². The van der Waals surface area contributed by atoms with E-state index in [4.69, 9.17) is 21.1 Å². The number of carbonyl (C=O) groups excluding carboxylic acids is 2. The number of nitrogens with one attached hydrogen (secondary N) is 1. The van der Waals surface area contributed by atoms with Crippen LogP contribution in [-0.2, 0) is 9.53 Å². The molecule has 0 bridgehead atoms. The number of esters is 1. The molecule has 25 heavy (non-hydrogen) atoms. The van der Waals surface area contributed by atoms with E-state index in [0.29, 0.717) is 27.8 Å². The van der Waals surface area contributed by atoms with E-state index < -0.39 is 5.97 Å². The minimum Gasteiger partial charge on any atom is -0.495 e. The number of amides is 1. The lowest BCUT2D eigenvalue weighted by Gasteiger charge is -2.13. The van der Waals surface area contributed by atoms with Gasteiger partial charge in [0.15, 0.2) is 6.61 Å². The summed E-state index contributed by atoms with van der Waals surface area (Å²) in [7, 11) is 2.79. The number of halogens is 1. The Balaban J connectivity index is 2.02. The second-order valence-electron chi connectivity index (χ2n) is 5.16. The van der Waals surface area contributed by atoms with Crippen molar-refractivity contribution in [1.82, 2.24) is 0 Å². The molecule has 132 valence electrons. The molecule has 0 radical (unpaired) electrons. The fraction of sp³-hybridized carbons (Fsp3) is 0.222. The molecule has 0 atom stereocenters. The molecule has 0 aliphatic rings. The largest absolute Gasteiger partial charge is 0.495 e. The van der Waals surface area contributed by atoms with Gasteiger partial charge in [0.1, 0.15) is 11.5 Å². The van der Waals surface area contributed by atoms with E-state index in [-0.39, 0.29) is 12.5 Å². The average molecular weight is 364 g/mol. The van der Waals surface area contributed by atoms with E-state index in [9.17, 15) is 9.59 Å². The molecule has 1 N–H and O–H groups in total. The highest BCUT2D eigenvalue weighted by molar-refractivity contribution is 6.31. The summed E-state index contributed by atoms with van der Waals surface area (Å²) < 4.78 is 15.3. The van der Waals surface area contributed by atoms with Gasteiger partial charge in [-0.25, -0.2) is 4.79 Å². The van der Waals surface area contributed by atoms with Crippen LogP contribution in [0.1, 0.15) is 15.9 Å². The number of aryl methyl sites for hydroxylation is 1. The van der Waals surface area contributed by atoms with E-state index in [1.165, 1.54) is 20.3 Å². The highest BCUT2D eigenvalue weighted by Gasteiger charge is 2.12. The second-order valence-corrected chi connectivity index (χ2v) is 5.57. The van der Waals surface area contributed by atoms with Crippen molar-refractivity contribution in [3.63, 3.8) is 0 Å². The first-order valence-corrected chi connectivity index (χ1v) is 7.77. The Morgan fingerprint density at radius 1 is 1.16 bits per heavy atom. The molecule has 0 saturated heterocycles. The summed E-state index contributed by atoms with van der Waals surface area (Å²) in [6, 6.07) is 9.74. The number of ether oxygens (including phenoxy) is 3. The maximum Gasteiger partial charge on any atom is 0.337 e. The summed E-state index contributed by atoms with van der Waals surface area (Å²) >= 11 is 6.04. The second kappa shape index (κ2) is 8.39. The highest BCUT2D eigenvalue weighted by Crippen LogP contribution is 2.30. The minimum atomic E-state index is -0.476. The first-order chi connectivity index (χ1) is 11.9. The summed E-state index contributed by atoms with van der Waals surface area (Å²) in [5, 5.41) is 3.26. The van der Waals surface area contributed by atoms with Gasteiger partial charge in [-0.2, -0.15) is 0 Å². The number of benzene rings is 2. The fourth-order valence-corrected chi connectivity index (χ4v) is 2.25. The van der Waals surface area contributed by atoms with Crippen LogP contribution in [0.3, 0.4) is 0 Å². The molecule has 6 nitrogen and oxygen atoms in total. The van der Waals surface area contributed by atoms with Gasteiger partial charge in [-0.1, -0.05) is 17.7 Å². The molecule has 0 unspecified atom stereocenters. The quantitative estimate of drug-likeness (QED) is 0.795. The predicted octanol–water partition coefficient (Wildman–Crippen LogP) is 3.46. The van der Waals surface area contributed by atoms with Crippen LogP contribution >= 0.6 is 11.6 Å². The summed E-state index contributed by atoms with van der Waals surface area (Å²) in [6.07, 6.45) is 0. The number of carbonyl (C=O) groups is 2. The van der Waals surface area contributed by atoms with E-state index in [2.05, 4.69) is 10.1 Å². The van der Waals surface area contributed by atoms with Crippen molar-refractivity contribution in [2.45, 2.75) is 6.92 Å². The third-order valence-electron chi connectivity index (χ3n) is 3.38. The molecule has 2 aromatic rings. The number of anilines is 1. The van der Waals surface area contributed by atoms with Crippen LogP contribution in [0.15, 0.2) is 36.4 Å². The minimum absolute atomic E-state index is 0.227. The molecule has 0 aromatic heterocycles. The zero-order valence-corrected chi connectivity index (χ0v) is 14.8. The molecule has 0 heterocycles. The Hall–Kier alpha value is -2.73. The Kier molecular flexibility index (Phi) is 6.25. The molecule has 0 spiro atoms. The van der Waals surface area contributed by atoms with Crippen molar-refractivity contribution < 1.29 is 23.8 Å². The standard InChI is InChI=1S/C18H18ClNO5/c1-11-7-15(16(23-2)9-14(11)19)20-17(21)10-25-13-6-4-5-12(8-13)18(22)24-3/h4-9H,10H2,1-3H3,(H,20,21). The number of methoxy groups -OCH3 is 2. The smallest absolute Gasteiger partial charge is 0.337 e. The van der Waals surface area contributed by atoms with Gasteiger partial charge in [-0.15, -0.1) is 0 Å². The molecule has 0 saturated carbocycles. The number of hydrogen-bond donors (Lipinski definition) is 1. The van der Waals surface area contributed by atoms with Gasteiger partial charge in [0.25, 0.3) is 5.91 Å². The average Bonchev–Trinajstić information content (AvgIpc) is 2.62. The van der Waals surface area contributed by atoms with E-state index in [1.807, 2.05) is 6.92 Å². The van der Waals surface area contributed by atoms with Crippen molar-refractivity contribution in [2.24, 2.45) is 0 Å². The lowest BCUT2D eigenvalue weighted by Crippen LogP contribution is -2.20. The van der Waals surface area contributed by atoms with Gasteiger partial charge < -0.3 is 19.5 Å². The van der Waals surface area contributed by atoms with Crippen LogP contribution in [-0.4, -0.2) is 32.7 Å². The van der Waals surface area contributed by atoms with E-state index in [0.717, 1.165) is 5.56 Å². The number of hydrogen-bond acceptors (Lipinski definition) is 5. The van der Waals surface area contributed by atoms with E-state index in [1.54, 1.807) is 30.3 Å². The first-order valence-electron chi connectivity index (χ1n) is 7.39. The van der Waals surface area contributed by atoms with Crippen LogP contribution in [0.5, 0.6) is 11.5 Å². The van der Waals surface area contributed by atoms with Gasteiger partial charge in [-0.3, -0.25) is 4.79 Å². The summed E-state index contributed by atoms with van der Waals surface area (Å²) in [4.78, 5) is 23.6. The zero-order valence-electron chi connectivity index (χ0n) is 14.1. The maximum absolute atomic E-state index is 12.1. The van der Waals surface area contributed by atoms with Crippen molar-refractivity contribution in [3.8, 4) is 11.5 Å². The molecule has 7 heteroatoms. The summed E-state index contributed by atoms with van der Waals surface area (Å²) in [5.74, 6) is -0.00582. The van der Waals surface area contributed by atoms with Crippen LogP contribution < -0.4 is 14.8 Å². The van der Waals surface area contributed by atoms with Gasteiger partial charge >= 0.3 is 5.97 Å². The monoisotopic (exact) mass is 363 g/mol. The molecule has 0 aliphatic carbocycles. The molecule has 2 aromatic carbocycles. The topological polar surface area (TPSA) is 73.9 Å². The Labute approximate surface area is 150 Å². The Bertz CT molecular complexity index is 791.